The van der Waals surface area contributed by atoms with Gasteiger partial charge in [-0.25, -0.2) is 8.78 Å². The summed E-state index contributed by atoms with van der Waals surface area (Å²) in [5, 5.41) is 24.0. The third-order valence-corrected chi connectivity index (χ3v) is 7.11. The fourth-order valence-corrected chi connectivity index (χ4v) is 5.51. The maximum absolute atomic E-state index is 14.3. The molecule has 1 spiro atoms. The number of halogens is 2. The summed E-state index contributed by atoms with van der Waals surface area (Å²) < 4.78 is 29.4. The van der Waals surface area contributed by atoms with Crippen molar-refractivity contribution in [2.24, 2.45) is 0 Å². The molecule has 2 atom stereocenters. The fourth-order valence-electron chi connectivity index (χ4n) is 5.51. The van der Waals surface area contributed by atoms with Crippen LogP contribution in [0.25, 0.3) is 0 Å². The first-order valence-corrected chi connectivity index (χ1v) is 10.9. The molecule has 1 saturated heterocycles. The van der Waals surface area contributed by atoms with E-state index in [0.29, 0.717) is 19.5 Å². The van der Waals surface area contributed by atoms with Gasteiger partial charge in [0.2, 0.25) is 5.43 Å². The van der Waals surface area contributed by atoms with E-state index in [-0.39, 0.29) is 35.5 Å². The second kappa shape index (κ2) is 7.38. The maximum Gasteiger partial charge on any atom is 0.274 e. The Hall–Kier alpha value is -3.27. The predicted molar refractivity (Wildman–Crippen MR) is 112 cm³/mol. The van der Waals surface area contributed by atoms with Crippen LogP contribution in [0.5, 0.6) is 5.75 Å². The van der Waals surface area contributed by atoms with E-state index in [2.05, 4.69) is 5.32 Å². The summed E-state index contributed by atoms with van der Waals surface area (Å²) in [5.41, 5.74) is -2.62. The highest BCUT2D eigenvalue weighted by atomic mass is 19.1. The van der Waals surface area contributed by atoms with Crippen LogP contribution in [-0.4, -0.2) is 44.6 Å². The summed E-state index contributed by atoms with van der Waals surface area (Å²) in [6.45, 7) is 1.76. The average Bonchev–Trinajstić information content (AvgIpc) is 2.93. The van der Waals surface area contributed by atoms with Crippen molar-refractivity contribution in [1.82, 2.24) is 14.8 Å². The molecule has 3 aliphatic rings. The molecule has 1 aromatic carbocycles. The van der Waals surface area contributed by atoms with Crippen molar-refractivity contribution in [3.05, 3.63) is 62.1 Å². The monoisotopic (exact) mass is 459 g/mol. The first-order valence-electron chi connectivity index (χ1n) is 10.9. The number of benzene rings is 1. The lowest BCUT2D eigenvalue weighted by molar-refractivity contribution is 0.0549. The number of aromatic nitrogens is 1. The van der Waals surface area contributed by atoms with Gasteiger partial charge in [-0.1, -0.05) is 6.07 Å². The molecule has 1 aromatic heterocycles. The topological polar surface area (TPSA) is 112 Å². The zero-order valence-corrected chi connectivity index (χ0v) is 18.0. The molecule has 0 aliphatic carbocycles. The number of hydrogen-bond acceptors (Lipinski definition) is 5. The Morgan fingerprint density at radius 3 is 2.79 bits per heavy atom. The van der Waals surface area contributed by atoms with E-state index in [4.69, 9.17) is 0 Å². The zero-order chi connectivity index (χ0) is 23.7. The summed E-state index contributed by atoms with van der Waals surface area (Å²) in [6.07, 6.45) is 1.19. The van der Waals surface area contributed by atoms with E-state index in [0.717, 1.165) is 18.9 Å². The first kappa shape index (κ1) is 21.6. The highest BCUT2D eigenvalue weighted by molar-refractivity contribution is 6.00. The van der Waals surface area contributed by atoms with Crippen LogP contribution in [0.4, 0.5) is 8.78 Å². The summed E-state index contributed by atoms with van der Waals surface area (Å²) in [5.74, 6) is -3.78. The van der Waals surface area contributed by atoms with Gasteiger partial charge < -0.3 is 25.0 Å². The molecule has 3 aliphatic heterocycles. The van der Waals surface area contributed by atoms with Crippen molar-refractivity contribution in [2.75, 3.05) is 13.1 Å². The van der Waals surface area contributed by atoms with Crippen LogP contribution < -0.4 is 10.7 Å². The Morgan fingerprint density at radius 1 is 1.27 bits per heavy atom. The van der Waals surface area contributed by atoms with Crippen LogP contribution in [0.15, 0.2) is 16.9 Å². The minimum absolute atomic E-state index is 0.00374. The van der Waals surface area contributed by atoms with Gasteiger partial charge >= 0.3 is 0 Å². The molecule has 174 valence electrons. The molecule has 3 N–H and O–H groups in total. The van der Waals surface area contributed by atoms with Gasteiger partial charge in [0, 0.05) is 37.2 Å². The van der Waals surface area contributed by atoms with Gasteiger partial charge in [0.25, 0.3) is 11.8 Å². The van der Waals surface area contributed by atoms with Gasteiger partial charge in [0.1, 0.15) is 17.2 Å². The molecule has 33 heavy (non-hydrogen) atoms. The number of rotatable bonds is 3. The summed E-state index contributed by atoms with van der Waals surface area (Å²) in [4.78, 5) is 40.7. The number of fused-ring (bicyclic) bond motifs is 1. The second-order valence-corrected chi connectivity index (χ2v) is 9.08. The van der Waals surface area contributed by atoms with Crippen LogP contribution in [-0.2, 0) is 12.1 Å². The van der Waals surface area contributed by atoms with E-state index in [1.54, 1.807) is 4.90 Å². The predicted octanol–water partition coefficient (Wildman–Crippen LogP) is 1.84. The van der Waals surface area contributed by atoms with Gasteiger partial charge in [-0.15, -0.1) is 0 Å². The maximum atomic E-state index is 14.3. The van der Waals surface area contributed by atoms with Crippen LogP contribution in [0.2, 0.25) is 0 Å². The molecule has 1 fully saturated rings. The van der Waals surface area contributed by atoms with Crippen molar-refractivity contribution in [2.45, 2.75) is 50.8 Å². The molecule has 8 nitrogen and oxygen atoms in total. The number of aliphatic hydroxyl groups excluding tert-OH is 1. The molecule has 2 bridgehead atoms. The Labute approximate surface area is 187 Å². The summed E-state index contributed by atoms with van der Waals surface area (Å²) in [7, 11) is 0. The lowest BCUT2D eigenvalue weighted by atomic mass is 9.88. The minimum Gasteiger partial charge on any atom is -0.503 e. The smallest absolute Gasteiger partial charge is 0.274 e. The van der Waals surface area contributed by atoms with E-state index >= 15 is 0 Å². The van der Waals surface area contributed by atoms with Gasteiger partial charge in [-0.3, -0.25) is 14.4 Å². The van der Waals surface area contributed by atoms with E-state index in [1.165, 1.54) is 17.6 Å². The molecule has 0 unspecified atom stereocenters. The van der Waals surface area contributed by atoms with Crippen LogP contribution >= 0.6 is 0 Å². The molecule has 2 aromatic rings. The Balaban J connectivity index is 1.60. The van der Waals surface area contributed by atoms with Crippen molar-refractivity contribution in [3.63, 3.8) is 0 Å². The normalized spacial score (nSPS) is 23.3. The van der Waals surface area contributed by atoms with Crippen molar-refractivity contribution < 1.29 is 28.6 Å². The number of nitrogens with zero attached hydrogens (tertiary/aromatic N) is 2. The summed E-state index contributed by atoms with van der Waals surface area (Å²) >= 11 is 0. The number of aromatic hydroxyl groups is 1. The number of hydrogen-bond donors (Lipinski definition) is 3. The Kier molecular flexibility index (Phi) is 4.82. The molecule has 0 saturated carbocycles. The van der Waals surface area contributed by atoms with E-state index < -0.39 is 51.8 Å². The SMILES string of the molecule is Cc1c(F)ccc(CNC(=O)c2c3n4c(c(O)c2=O)C(=O)N2CCCC[C@@]4(C[C@H]3O)C2)c1F. The molecular formula is C23H23F2N3O5. The standard InChI is InChI=1S/C23H23F2N3O5/c1-11-13(24)5-4-12(16(11)25)9-26-21(32)15-17-14(29)8-23-6-2-3-7-27(10-23)22(33)18(28(17)23)20(31)19(15)30/h4-5,14,29,31H,2-3,6-10H2,1H3,(H,26,32)/t14-,23-/m1/s1. The number of nitrogens with one attached hydrogen (secondary N) is 1. The third kappa shape index (κ3) is 3.00. The molecule has 4 heterocycles. The first-order chi connectivity index (χ1) is 15.7. The Bertz CT molecular complexity index is 1270. The molecule has 2 amide bonds. The second-order valence-electron chi connectivity index (χ2n) is 9.08. The average molecular weight is 459 g/mol. The van der Waals surface area contributed by atoms with Crippen LogP contribution in [0.1, 0.15) is 69.5 Å². The summed E-state index contributed by atoms with van der Waals surface area (Å²) in [6, 6.07) is 2.27. The minimum atomic E-state index is -1.19. The van der Waals surface area contributed by atoms with Gasteiger partial charge in [-0.05, 0) is 32.3 Å². The fraction of sp³-hybridized carbons (Fsp3) is 0.435. The highest BCUT2D eigenvalue weighted by Crippen LogP contribution is 2.49. The zero-order valence-electron chi connectivity index (χ0n) is 18.0. The van der Waals surface area contributed by atoms with E-state index in [1.807, 2.05) is 0 Å². The lowest BCUT2D eigenvalue weighted by Crippen LogP contribution is -2.52. The largest absolute Gasteiger partial charge is 0.503 e. The van der Waals surface area contributed by atoms with E-state index in [9.17, 15) is 33.4 Å². The molecule has 5 rings (SSSR count). The number of carbonyl (C=O) groups is 2. The highest BCUT2D eigenvalue weighted by Gasteiger charge is 2.53. The van der Waals surface area contributed by atoms with Crippen molar-refractivity contribution in [1.29, 1.82) is 0 Å². The number of pyridine rings is 1. The van der Waals surface area contributed by atoms with Crippen LogP contribution in [0, 0.1) is 18.6 Å². The van der Waals surface area contributed by atoms with Gasteiger partial charge in [0.15, 0.2) is 11.4 Å². The van der Waals surface area contributed by atoms with Crippen molar-refractivity contribution in [3.8, 4) is 5.75 Å². The molecule has 10 heteroatoms. The lowest BCUT2D eigenvalue weighted by Gasteiger charge is -2.41. The number of amides is 2. The Morgan fingerprint density at radius 2 is 2.03 bits per heavy atom. The third-order valence-electron chi connectivity index (χ3n) is 7.11. The number of carbonyl (C=O) groups excluding carboxylic acids is 2. The molecule has 0 radical (unpaired) electrons. The van der Waals surface area contributed by atoms with Gasteiger partial charge in [0.05, 0.1) is 17.3 Å². The van der Waals surface area contributed by atoms with Crippen LogP contribution in [0.3, 0.4) is 0 Å². The molecular weight excluding hydrogens is 436 g/mol. The quantitative estimate of drug-likeness (QED) is 0.649. The van der Waals surface area contributed by atoms with Crippen molar-refractivity contribution >= 4 is 11.8 Å². The number of aliphatic hydroxyl groups is 1. The van der Waals surface area contributed by atoms with Gasteiger partial charge in [-0.2, -0.15) is 0 Å².